The monoisotopic (exact) mass is 200 g/mol. The number of piperidine rings is 1. The van der Waals surface area contributed by atoms with Gasteiger partial charge in [-0.05, 0) is 25.8 Å². The highest BCUT2D eigenvalue weighted by atomic mass is 16.7. The summed E-state index contributed by atoms with van der Waals surface area (Å²) in [5, 5.41) is 0. The van der Waals surface area contributed by atoms with Crippen molar-refractivity contribution in [2.24, 2.45) is 5.73 Å². The van der Waals surface area contributed by atoms with Crippen LogP contribution < -0.4 is 5.73 Å². The fourth-order valence-electron chi connectivity index (χ4n) is 2.19. The molecule has 0 aromatic rings. The second-order valence-electron chi connectivity index (χ2n) is 4.27. The molecule has 0 bridgehead atoms. The van der Waals surface area contributed by atoms with Crippen LogP contribution in [0.25, 0.3) is 0 Å². The molecule has 2 N–H and O–H groups in total. The molecule has 4 heteroatoms. The van der Waals surface area contributed by atoms with E-state index in [4.69, 9.17) is 15.2 Å². The first-order valence-corrected chi connectivity index (χ1v) is 5.52. The summed E-state index contributed by atoms with van der Waals surface area (Å²) in [6, 6.07) is 0.364. The van der Waals surface area contributed by atoms with Crippen LogP contribution in [0.5, 0.6) is 0 Å². The van der Waals surface area contributed by atoms with Gasteiger partial charge in [0.15, 0.2) is 0 Å². The number of nitrogens with two attached hydrogens (primary N) is 1. The molecule has 0 amide bonds. The van der Waals surface area contributed by atoms with Gasteiger partial charge in [0.2, 0.25) is 0 Å². The van der Waals surface area contributed by atoms with Gasteiger partial charge >= 0.3 is 0 Å². The van der Waals surface area contributed by atoms with Crippen LogP contribution in [-0.4, -0.2) is 50.1 Å². The Kier molecular flexibility index (Phi) is 3.75. The van der Waals surface area contributed by atoms with E-state index in [9.17, 15) is 0 Å². The molecule has 2 atom stereocenters. The first-order valence-electron chi connectivity index (χ1n) is 5.52. The minimum Gasteiger partial charge on any atom is -0.355 e. The number of ether oxygens (including phenoxy) is 2. The van der Waals surface area contributed by atoms with Crippen LogP contribution in [0.4, 0.5) is 0 Å². The Hall–Kier alpha value is -0.160. The van der Waals surface area contributed by atoms with Crippen molar-refractivity contribution in [2.45, 2.75) is 31.4 Å². The van der Waals surface area contributed by atoms with Gasteiger partial charge in [-0.15, -0.1) is 0 Å². The van der Waals surface area contributed by atoms with E-state index in [1.165, 1.54) is 19.4 Å². The Balaban J connectivity index is 1.72. The molecule has 2 unspecified atom stereocenters. The first-order chi connectivity index (χ1) is 6.84. The van der Waals surface area contributed by atoms with Crippen LogP contribution in [0.15, 0.2) is 0 Å². The predicted octanol–water partition coefficient (Wildman–Crippen LogP) is 0.172. The highest BCUT2D eigenvalue weighted by Gasteiger charge is 2.21. The minimum absolute atomic E-state index is 0.356. The van der Waals surface area contributed by atoms with Crippen LogP contribution in [0.1, 0.15) is 19.3 Å². The van der Waals surface area contributed by atoms with E-state index in [2.05, 4.69) is 4.90 Å². The maximum atomic E-state index is 5.92. The lowest BCUT2D eigenvalue weighted by molar-refractivity contribution is -0.145. The number of rotatable bonds is 2. The van der Waals surface area contributed by atoms with Crippen LogP contribution in [0.2, 0.25) is 0 Å². The highest BCUT2D eigenvalue weighted by Crippen LogP contribution is 2.12. The molecular weight excluding hydrogens is 180 g/mol. The third-order valence-electron chi connectivity index (χ3n) is 2.98. The zero-order valence-electron chi connectivity index (χ0n) is 8.65. The Morgan fingerprint density at radius 1 is 1.36 bits per heavy atom. The van der Waals surface area contributed by atoms with E-state index in [0.717, 1.165) is 26.1 Å². The van der Waals surface area contributed by atoms with Gasteiger partial charge in [-0.25, -0.2) is 0 Å². The molecule has 4 nitrogen and oxygen atoms in total. The maximum absolute atomic E-state index is 5.92. The molecular formula is C10H20N2O2. The summed E-state index contributed by atoms with van der Waals surface area (Å²) in [7, 11) is 0. The van der Waals surface area contributed by atoms with E-state index < -0.39 is 0 Å². The molecule has 82 valence electrons. The minimum atomic E-state index is 0.356. The third kappa shape index (κ3) is 2.92. The van der Waals surface area contributed by atoms with E-state index in [0.29, 0.717) is 18.9 Å². The Morgan fingerprint density at radius 3 is 3.00 bits per heavy atom. The second-order valence-corrected chi connectivity index (χ2v) is 4.27. The SMILES string of the molecule is NC1CCCN(CC2CCOCO2)C1. The summed E-state index contributed by atoms with van der Waals surface area (Å²) < 4.78 is 10.7. The molecule has 14 heavy (non-hydrogen) atoms. The van der Waals surface area contributed by atoms with Gasteiger partial charge in [0, 0.05) is 19.1 Å². The topological polar surface area (TPSA) is 47.7 Å². The Labute approximate surface area is 85.3 Å². The summed E-state index contributed by atoms with van der Waals surface area (Å²) in [4.78, 5) is 2.42. The average Bonchev–Trinajstić information content (AvgIpc) is 2.19. The molecule has 0 aliphatic carbocycles. The van der Waals surface area contributed by atoms with Gasteiger partial charge in [-0.1, -0.05) is 0 Å². The van der Waals surface area contributed by atoms with Gasteiger partial charge in [0.25, 0.3) is 0 Å². The normalized spacial score (nSPS) is 35.8. The van der Waals surface area contributed by atoms with E-state index in [-0.39, 0.29) is 0 Å². The fraction of sp³-hybridized carbons (Fsp3) is 1.00. The van der Waals surface area contributed by atoms with Gasteiger partial charge < -0.3 is 15.2 Å². The Morgan fingerprint density at radius 2 is 2.29 bits per heavy atom. The smallest absolute Gasteiger partial charge is 0.147 e. The molecule has 2 heterocycles. The quantitative estimate of drug-likeness (QED) is 0.690. The number of nitrogens with zero attached hydrogens (tertiary/aromatic N) is 1. The zero-order valence-corrected chi connectivity index (χ0v) is 8.65. The predicted molar refractivity (Wildman–Crippen MR) is 54.0 cm³/mol. The van der Waals surface area contributed by atoms with Crippen LogP contribution in [0, 0.1) is 0 Å². The van der Waals surface area contributed by atoms with E-state index in [1.54, 1.807) is 0 Å². The molecule has 2 fully saturated rings. The van der Waals surface area contributed by atoms with Crippen molar-refractivity contribution in [3.05, 3.63) is 0 Å². The number of hydrogen-bond acceptors (Lipinski definition) is 4. The first kappa shape index (κ1) is 10.4. The van der Waals surface area contributed by atoms with Crippen molar-refractivity contribution in [3.8, 4) is 0 Å². The van der Waals surface area contributed by atoms with Crippen molar-refractivity contribution in [2.75, 3.05) is 33.0 Å². The lowest BCUT2D eigenvalue weighted by Gasteiger charge is -2.34. The van der Waals surface area contributed by atoms with Crippen LogP contribution in [-0.2, 0) is 9.47 Å². The summed E-state index contributed by atoms with van der Waals surface area (Å²) in [5.74, 6) is 0. The molecule has 0 radical (unpaired) electrons. The largest absolute Gasteiger partial charge is 0.355 e. The maximum Gasteiger partial charge on any atom is 0.147 e. The van der Waals surface area contributed by atoms with Crippen LogP contribution in [0.3, 0.4) is 0 Å². The lowest BCUT2D eigenvalue weighted by atomic mass is 10.1. The number of hydrogen-bond donors (Lipinski definition) is 1. The van der Waals surface area contributed by atoms with Gasteiger partial charge in [0.05, 0.1) is 12.7 Å². The average molecular weight is 200 g/mol. The second kappa shape index (κ2) is 5.07. The summed E-state index contributed by atoms with van der Waals surface area (Å²) in [6.07, 6.45) is 3.77. The summed E-state index contributed by atoms with van der Waals surface area (Å²) in [6.45, 7) is 4.53. The molecule has 0 spiro atoms. The van der Waals surface area contributed by atoms with E-state index in [1.807, 2.05) is 0 Å². The molecule has 2 saturated heterocycles. The Bertz CT molecular complexity index is 172. The molecule has 0 saturated carbocycles. The van der Waals surface area contributed by atoms with Crippen molar-refractivity contribution in [1.29, 1.82) is 0 Å². The van der Waals surface area contributed by atoms with Crippen LogP contribution >= 0.6 is 0 Å². The zero-order chi connectivity index (χ0) is 9.80. The lowest BCUT2D eigenvalue weighted by Crippen LogP contribution is -2.46. The van der Waals surface area contributed by atoms with Gasteiger partial charge in [-0.2, -0.15) is 0 Å². The number of likely N-dealkylation sites (tertiary alicyclic amines) is 1. The molecule has 2 aliphatic rings. The molecule has 2 aliphatic heterocycles. The van der Waals surface area contributed by atoms with Gasteiger partial charge in [-0.3, -0.25) is 4.90 Å². The third-order valence-corrected chi connectivity index (χ3v) is 2.98. The van der Waals surface area contributed by atoms with E-state index >= 15 is 0 Å². The molecule has 2 rings (SSSR count). The molecule has 0 aromatic carbocycles. The van der Waals surface area contributed by atoms with Crippen molar-refractivity contribution in [3.63, 3.8) is 0 Å². The van der Waals surface area contributed by atoms with Crippen molar-refractivity contribution < 1.29 is 9.47 Å². The summed E-state index contributed by atoms with van der Waals surface area (Å²) >= 11 is 0. The standard InChI is InChI=1S/C10H20N2O2/c11-9-2-1-4-12(6-9)7-10-3-5-13-8-14-10/h9-10H,1-8,11H2. The molecule has 0 aromatic heterocycles. The van der Waals surface area contributed by atoms with Gasteiger partial charge in [0.1, 0.15) is 6.79 Å². The highest BCUT2D eigenvalue weighted by molar-refractivity contribution is 4.77. The fourth-order valence-corrected chi connectivity index (χ4v) is 2.19. The van der Waals surface area contributed by atoms with Crippen molar-refractivity contribution in [1.82, 2.24) is 4.90 Å². The summed E-state index contributed by atoms with van der Waals surface area (Å²) in [5.41, 5.74) is 5.92. The van der Waals surface area contributed by atoms with Crippen molar-refractivity contribution >= 4 is 0 Å².